The normalized spacial score (nSPS) is 11.5. The molecule has 0 aliphatic rings. The van der Waals surface area contributed by atoms with Crippen molar-refractivity contribution in [1.82, 2.24) is 4.98 Å². The van der Waals surface area contributed by atoms with Crippen LogP contribution in [0.3, 0.4) is 0 Å². The lowest BCUT2D eigenvalue weighted by Crippen LogP contribution is -2.15. The molecular formula is C11H15F2NO3S. The zero-order valence-electron chi connectivity index (χ0n) is 10.0. The summed E-state index contributed by atoms with van der Waals surface area (Å²) >= 11 is 0. The van der Waals surface area contributed by atoms with E-state index in [2.05, 4.69) is 9.17 Å². The van der Waals surface area contributed by atoms with E-state index in [-0.39, 0.29) is 5.75 Å². The van der Waals surface area contributed by atoms with Crippen molar-refractivity contribution in [3.8, 4) is 5.75 Å². The first kappa shape index (κ1) is 14.8. The van der Waals surface area contributed by atoms with Crippen LogP contribution in [0.15, 0.2) is 12.3 Å². The predicted octanol–water partition coefficient (Wildman–Crippen LogP) is 2.65. The van der Waals surface area contributed by atoms with E-state index < -0.39 is 27.6 Å². The van der Waals surface area contributed by atoms with Crippen LogP contribution in [0.25, 0.3) is 0 Å². The predicted molar refractivity (Wildman–Crippen MR) is 62.7 cm³/mol. The number of pyridine rings is 1. The van der Waals surface area contributed by atoms with Gasteiger partial charge in [-0.2, -0.15) is 12.8 Å². The van der Waals surface area contributed by atoms with Gasteiger partial charge >= 0.3 is 10.1 Å². The fourth-order valence-corrected chi connectivity index (χ4v) is 2.38. The van der Waals surface area contributed by atoms with Gasteiger partial charge in [-0.15, -0.1) is 0 Å². The fraction of sp³-hybridized carbons (Fsp3) is 0.545. The first-order valence-corrected chi connectivity index (χ1v) is 7.25. The number of rotatable bonds is 7. The van der Waals surface area contributed by atoms with E-state index in [9.17, 15) is 17.2 Å². The molecule has 1 heterocycles. The molecule has 18 heavy (non-hydrogen) atoms. The van der Waals surface area contributed by atoms with Crippen LogP contribution in [0.1, 0.15) is 32.6 Å². The highest BCUT2D eigenvalue weighted by atomic mass is 32.2. The molecule has 1 aromatic heterocycles. The van der Waals surface area contributed by atoms with Gasteiger partial charge in [0.1, 0.15) is 5.82 Å². The van der Waals surface area contributed by atoms with Crippen molar-refractivity contribution in [1.29, 1.82) is 0 Å². The highest BCUT2D eigenvalue weighted by Gasteiger charge is 2.16. The smallest absolute Gasteiger partial charge is 0.309 e. The lowest BCUT2D eigenvalue weighted by Gasteiger charge is -2.07. The quantitative estimate of drug-likeness (QED) is 0.437. The molecule has 0 bridgehead atoms. The second-order valence-electron chi connectivity index (χ2n) is 3.85. The monoisotopic (exact) mass is 279 g/mol. The highest BCUT2D eigenvalue weighted by molar-refractivity contribution is 7.87. The van der Waals surface area contributed by atoms with Crippen molar-refractivity contribution < 1.29 is 21.4 Å². The first-order valence-electron chi connectivity index (χ1n) is 5.68. The van der Waals surface area contributed by atoms with Gasteiger partial charge in [-0.3, -0.25) is 0 Å². The van der Waals surface area contributed by atoms with Crippen molar-refractivity contribution in [3.05, 3.63) is 24.0 Å². The lowest BCUT2D eigenvalue weighted by molar-refractivity contribution is 0.442. The van der Waals surface area contributed by atoms with E-state index in [4.69, 9.17) is 0 Å². The Morgan fingerprint density at radius 1 is 1.28 bits per heavy atom. The number of unbranched alkanes of at least 4 members (excludes halogenated alkanes) is 3. The Bertz CT molecular complexity index is 491. The van der Waals surface area contributed by atoms with E-state index in [0.29, 0.717) is 18.7 Å². The molecule has 0 aromatic carbocycles. The van der Waals surface area contributed by atoms with Gasteiger partial charge in [0.2, 0.25) is 0 Å². The number of nitrogens with zero attached hydrogens (tertiary/aromatic N) is 1. The van der Waals surface area contributed by atoms with Crippen LogP contribution in [0.4, 0.5) is 8.78 Å². The van der Waals surface area contributed by atoms with Crippen molar-refractivity contribution in [2.75, 3.05) is 5.75 Å². The Morgan fingerprint density at radius 2 is 2.00 bits per heavy atom. The SMILES string of the molecule is CCCCCCS(=O)(=O)Oc1cc(F)cnc1F. The molecule has 102 valence electrons. The number of hydrogen-bond donors (Lipinski definition) is 0. The van der Waals surface area contributed by atoms with Gasteiger partial charge in [0.05, 0.1) is 11.9 Å². The average molecular weight is 279 g/mol. The molecule has 0 radical (unpaired) electrons. The van der Waals surface area contributed by atoms with E-state index in [1.165, 1.54) is 0 Å². The van der Waals surface area contributed by atoms with Crippen LogP contribution in [0.5, 0.6) is 5.75 Å². The number of aromatic nitrogens is 1. The second kappa shape index (κ2) is 6.63. The summed E-state index contributed by atoms with van der Waals surface area (Å²) in [5, 5.41) is 0. The van der Waals surface area contributed by atoms with E-state index in [1.54, 1.807) is 0 Å². The molecule has 0 saturated heterocycles. The Hall–Kier alpha value is -1.24. The molecule has 0 spiro atoms. The summed E-state index contributed by atoms with van der Waals surface area (Å²) in [6.07, 6.45) is 3.73. The summed E-state index contributed by atoms with van der Waals surface area (Å²) in [6, 6.07) is 0.659. The Morgan fingerprint density at radius 3 is 2.67 bits per heavy atom. The summed E-state index contributed by atoms with van der Waals surface area (Å²) in [6.45, 7) is 2.00. The maximum absolute atomic E-state index is 13.1. The maximum atomic E-state index is 13.1. The largest absolute Gasteiger partial charge is 0.377 e. The molecule has 0 amide bonds. The fourth-order valence-electron chi connectivity index (χ4n) is 1.35. The van der Waals surface area contributed by atoms with Gasteiger partial charge in [0.15, 0.2) is 5.75 Å². The van der Waals surface area contributed by atoms with Crippen LogP contribution in [-0.4, -0.2) is 19.2 Å². The van der Waals surface area contributed by atoms with Crippen molar-refractivity contribution in [2.45, 2.75) is 32.6 Å². The van der Waals surface area contributed by atoms with E-state index in [0.717, 1.165) is 19.3 Å². The third kappa shape index (κ3) is 4.95. The molecular weight excluding hydrogens is 264 g/mol. The number of halogens is 2. The summed E-state index contributed by atoms with van der Waals surface area (Å²) in [5.74, 6) is -2.92. The van der Waals surface area contributed by atoms with Crippen LogP contribution in [0.2, 0.25) is 0 Å². The molecule has 1 rings (SSSR count). The third-order valence-electron chi connectivity index (χ3n) is 2.24. The molecule has 0 aliphatic carbocycles. The van der Waals surface area contributed by atoms with Crippen LogP contribution >= 0.6 is 0 Å². The van der Waals surface area contributed by atoms with E-state index in [1.807, 2.05) is 6.92 Å². The zero-order chi connectivity index (χ0) is 13.6. The topological polar surface area (TPSA) is 56.3 Å². The number of hydrogen-bond acceptors (Lipinski definition) is 4. The van der Waals surface area contributed by atoms with Gasteiger partial charge < -0.3 is 4.18 Å². The van der Waals surface area contributed by atoms with Gasteiger partial charge in [-0.05, 0) is 6.42 Å². The molecule has 0 saturated carbocycles. The van der Waals surface area contributed by atoms with Crippen molar-refractivity contribution >= 4 is 10.1 Å². The highest BCUT2D eigenvalue weighted by Crippen LogP contribution is 2.18. The first-order chi connectivity index (χ1) is 8.44. The molecule has 0 unspecified atom stereocenters. The molecule has 0 aliphatic heterocycles. The minimum atomic E-state index is -3.90. The minimum absolute atomic E-state index is 0.219. The van der Waals surface area contributed by atoms with Crippen molar-refractivity contribution in [2.24, 2.45) is 0 Å². The molecule has 0 fully saturated rings. The standard InChI is InChI=1S/C11H15F2NO3S/c1-2-3-4-5-6-18(15,16)17-10-7-9(12)8-14-11(10)13/h7-8H,2-6H2,1H3. The Labute approximate surface area is 105 Å². The molecule has 1 aromatic rings. The van der Waals surface area contributed by atoms with Gasteiger partial charge in [0.25, 0.3) is 5.95 Å². The zero-order valence-corrected chi connectivity index (χ0v) is 10.8. The summed E-state index contributed by atoms with van der Waals surface area (Å²) in [7, 11) is -3.90. The molecule has 7 heteroatoms. The van der Waals surface area contributed by atoms with Crippen molar-refractivity contribution in [3.63, 3.8) is 0 Å². The van der Waals surface area contributed by atoms with Gasteiger partial charge in [0, 0.05) is 6.07 Å². The van der Waals surface area contributed by atoms with Crippen LogP contribution in [-0.2, 0) is 10.1 Å². The maximum Gasteiger partial charge on any atom is 0.309 e. The average Bonchev–Trinajstić information content (AvgIpc) is 2.29. The Kier molecular flexibility index (Phi) is 5.46. The summed E-state index contributed by atoms with van der Waals surface area (Å²) in [5.41, 5.74) is 0. The van der Waals surface area contributed by atoms with Gasteiger partial charge in [-0.1, -0.05) is 26.2 Å². The Balaban J connectivity index is 2.62. The van der Waals surface area contributed by atoms with Crippen LogP contribution in [0, 0.1) is 11.8 Å². The third-order valence-corrected chi connectivity index (χ3v) is 3.46. The van der Waals surface area contributed by atoms with E-state index >= 15 is 0 Å². The molecule has 0 atom stereocenters. The lowest BCUT2D eigenvalue weighted by atomic mass is 10.2. The molecule has 4 nitrogen and oxygen atoms in total. The molecule has 0 N–H and O–H groups in total. The summed E-state index contributed by atoms with van der Waals surface area (Å²) in [4.78, 5) is 3.04. The summed E-state index contributed by atoms with van der Waals surface area (Å²) < 4.78 is 53.3. The second-order valence-corrected chi connectivity index (χ2v) is 5.54. The van der Waals surface area contributed by atoms with Crippen LogP contribution < -0.4 is 4.18 Å². The van der Waals surface area contributed by atoms with Gasteiger partial charge in [-0.25, -0.2) is 9.37 Å². The minimum Gasteiger partial charge on any atom is -0.377 e.